The quantitative estimate of drug-likeness (QED) is 0.0864. The first-order valence-electron chi connectivity index (χ1n) is 8.68. The summed E-state index contributed by atoms with van der Waals surface area (Å²) in [5, 5.41) is 9.32. The zero-order valence-electron chi connectivity index (χ0n) is 16.9. The fourth-order valence-electron chi connectivity index (χ4n) is 2.23. The number of hydrogen-bond donors (Lipinski definition) is 1. The molecule has 1 atom stereocenters. The molecule has 0 bridgehead atoms. The van der Waals surface area contributed by atoms with Crippen LogP contribution in [0.2, 0.25) is 0 Å². The van der Waals surface area contributed by atoms with E-state index in [2.05, 4.69) is 11.7 Å². The molecule has 1 unspecified atom stereocenters. The average Bonchev–Trinajstić information content (AvgIpc) is 2.42. The number of esters is 1. The van der Waals surface area contributed by atoms with Gasteiger partial charge in [0.15, 0.2) is 0 Å². The molecule has 0 saturated carbocycles. The van der Waals surface area contributed by atoms with E-state index in [0.717, 1.165) is 12.8 Å². The standard InChI is InChI=1S/C16H32O3.2Na.H2O4S/c1-3-4-5-6-7-8-9-10-11-12-13-14-16(18)19-15(2)17;;;1-5(2,3)4/h16,18H,3-14H2,1-2H3;;;(H2,1,2,3,4)/q;2*+1;/p-2. The minimum atomic E-state index is -5.17. The molecule has 0 amide bonds. The second kappa shape index (κ2) is 24.3. The number of carbonyl (C=O) groups excluding carboxylic acids is 1. The summed E-state index contributed by atoms with van der Waals surface area (Å²) in [6.45, 7) is 3.57. The van der Waals surface area contributed by atoms with Crippen molar-refractivity contribution in [2.75, 3.05) is 0 Å². The normalized spacial score (nSPS) is 11.3. The molecule has 146 valence electrons. The second-order valence-corrected chi connectivity index (χ2v) is 6.61. The molecule has 1 N–H and O–H groups in total. The summed E-state index contributed by atoms with van der Waals surface area (Å²) in [7, 11) is -5.17. The van der Waals surface area contributed by atoms with Gasteiger partial charge in [-0.2, -0.15) is 0 Å². The Labute approximate surface area is 203 Å². The summed E-state index contributed by atoms with van der Waals surface area (Å²) in [6, 6.07) is 0. The molecule has 0 radical (unpaired) electrons. The van der Waals surface area contributed by atoms with Gasteiger partial charge in [0.2, 0.25) is 6.29 Å². The Kier molecular flexibility index (Phi) is 32.6. The van der Waals surface area contributed by atoms with Crippen LogP contribution in [0.15, 0.2) is 0 Å². The molecule has 0 heterocycles. The first-order valence-corrected chi connectivity index (χ1v) is 10.0. The molecule has 26 heavy (non-hydrogen) atoms. The van der Waals surface area contributed by atoms with Gasteiger partial charge in [0, 0.05) is 23.7 Å². The predicted octanol–water partition coefficient (Wildman–Crippen LogP) is -2.76. The molecule has 7 nitrogen and oxygen atoms in total. The first kappa shape index (κ1) is 34.8. The minimum absolute atomic E-state index is 0. The third-order valence-corrected chi connectivity index (χ3v) is 3.36. The van der Waals surface area contributed by atoms with Crippen LogP contribution in [0.3, 0.4) is 0 Å². The Balaban J connectivity index is -0.000000304. The summed E-state index contributed by atoms with van der Waals surface area (Å²) in [5.41, 5.74) is 0. The topological polar surface area (TPSA) is 127 Å². The van der Waals surface area contributed by atoms with Crippen molar-refractivity contribution in [3.63, 3.8) is 0 Å². The number of hydrogen-bond acceptors (Lipinski definition) is 7. The number of aliphatic hydroxyl groups excluding tert-OH is 1. The Morgan fingerprint density at radius 2 is 1.19 bits per heavy atom. The molecule has 0 aromatic rings. The van der Waals surface area contributed by atoms with Gasteiger partial charge in [0.1, 0.15) is 0 Å². The smallest absolute Gasteiger partial charge is 0.759 e. The van der Waals surface area contributed by atoms with Gasteiger partial charge in [-0.3, -0.25) is 13.2 Å². The van der Waals surface area contributed by atoms with Gasteiger partial charge in [-0.25, -0.2) is 0 Å². The van der Waals surface area contributed by atoms with Crippen molar-refractivity contribution in [3.05, 3.63) is 0 Å². The first-order chi connectivity index (χ1) is 11.2. The van der Waals surface area contributed by atoms with Crippen molar-refractivity contribution in [2.45, 2.75) is 97.2 Å². The van der Waals surface area contributed by atoms with Crippen LogP contribution in [-0.4, -0.2) is 34.9 Å². The summed E-state index contributed by atoms with van der Waals surface area (Å²) >= 11 is 0. The summed E-state index contributed by atoms with van der Waals surface area (Å²) in [6.07, 6.45) is 13.8. The Hall–Kier alpha value is 1.30. The Morgan fingerprint density at radius 3 is 1.50 bits per heavy atom. The van der Waals surface area contributed by atoms with Crippen molar-refractivity contribution >= 4 is 16.4 Å². The molecule has 0 aromatic carbocycles. The van der Waals surface area contributed by atoms with Crippen molar-refractivity contribution in [2.24, 2.45) is 0 Å². The maximum Gasteiger partial charge on any atom is 1.00 e. The average molecular weight is 414 g/mol. The van der Waals surface area contributed by atoms with Gasteiger partial charge >= 0.3 is 65.1 Å². The molecule has 0 aliphatic rings. The van der Waals surface area contributed by atoms with Crippen LogP contribution in [0.4, 0.5) is 0 Å². The van der Waals surface area contributed by atoms with E-state index in [9.17, 15) is 9.90 Å². The van der Waals surface area contributed by atoms with Crippen LogP contribution >= 0.6 is 0 Å². The fourth-order valence-corrected chi connectivity index (χ4v) is 2.23. The largest absolute Gasteiger partial charge is 1.00 e. The molecule has 0 rings (SSSR count). The molecule has 0 aliphatic heterocycles. The summed E-state index contributed by atoms with van der Waals surface area (Å²) in [4.78, 5) is 10.6. The van der Waals surface area contributed by atoms with Gasteiger partial charge in [-0.1, -0.05) is 71.1 Å². The SMILES string of the molecule is CCCCCCCCCCCCCC(O)OC(C)=O.O=S(=O)([O-])[O-].[Na+].[Na+]. The summed E-state index contributed by atoms with van der Waals surface area (Å²) < 4.78 is 38.7. The van der Waals surface area contributed by atoms with Gasteiger partial charge in [-0.15, -0.1) is 0 Å². The molecule has 0 spiro atoms. The molecular weight excluding hydrogens is 382 g/mol. The van der Waals surface area contributed by atoms with Gasteiger partial charge in [0.05, 0.1) is 0 Å². The van der Waals surface area contributed by atoms with Gasteiger partial charge in [0.25, 0.3) is 0 Å². The van der Waals surface area contributed by atoms with Crippen molar-refractivity contribution < 1.29 is 91.3 Å². The van der Waals surface area contributed by atoms with Crippen molar-refractivity contribution in [1.29, 1.82) is 0 Å². The zero-order valence-corrected chi connectivity index (χ0v) is 21.7. The van der Waals surface area contributed by atoms with Crippen LogP contribution < -0.4 is 59.1 Å². The van der Waals surface area contributed by atoms with E-state index in [-0.39, 0.29) is 59.1 Å². The van der Waals surface area contributed by atoms with Crippen LogP contribution in [0.5, 0.6) is 0 Å². The number of aliphatic hydroxyl groups is 1. The van der Waals surface area contributed by atoms with Crippen LogP contribution in [0, 0.1) is 0 Å². The van der Waals surface area contributed by atoms with E-state index in [1.807, 2.05) is 0 Å². The Bertz CT molecular complexity index is 384. The monoisotopic (exact) mass is 414 g/mol. The van der Waals surface area contributed by atoms with Gasteiger partial charge < -0.3 is 18.9 Å². The molecule has 0 fully saturated rings. The maximum absolute atomic E-state index is 10.6. The van der Waals surface area contributed by atoms with E-state index < -0.39 is 22.7 Å². The van der Waals surface area contributed by atoms with Crippen LogP contribution in [-0.2, 0) is 19.9 Å². The van der Waals surface area contributed by atoms with Crippen LogP contribution in [0.25, 0.3) is 0 Å². The minimum Gasteiger partial charge on any atom is -0.759 e. The molecular formula is C16H32Na2O7S. The second-order valence-electron chi connectivity index (χ2n) is 5.80. The molecule has 0 saturated heterocycles. The van der Waals surface area contributed by atoms with E-state index in [0.29, 0.717) is 6.42 Å². The number of carbonyl (C=O) groups is 1. The molecule has 0 aromatic heterocycles. The summed E-state index contributed by atoms with van der Waals surface area (Å²) in [5.74, 6) is -0.407. The third-order valence-electron chi connectivity index (χ3n) is 3.36. The van der Waals surface area contributed by atoms with Crippen molar-refractivity contribution in [1.82, 2.24) is 0 Å². The molecule has 0 aliphatic carbocycles. The number of rotatable bonds is 13. The van der Waals surface area contributed by atoms with E-state index in [1.54, 1.807) is 0 Å². The van der Waals surface area contributed by atoms with E-state index in [1.165, 1.54) is 64.7 Å². The number of unbranched alkanes of at least 4 members (excludes halogenated alkanes) is 10. The fraction of sp³-hybridized carbons (Fsp3) is 0.938. The van der Waals surface area contributed by atoms with Crippen molar-refractivity contribution in [3.8, 4) is 0 Å². The van der Waals surface area contributed by atoms with E-state index in [4.69, 9.17) is 17.5 Å². The van der Waals surface area contributed by atoms with Gasteiger partial charge in [-0.05, 0) is 6.42 Å². The third kappa shape index (κ3) is 44.6. The van der Waals surface area contributed by atoms with E-state index >= 15 is 0 Å². The predicted molar refractivity (Wildman–Crippen MR) is 89.3 cm³/mol. The Morgan fingerprint density at radius 1 is 0.885 bits per heavy atom. The number of ether oxygens (including phenoxy) is 1. The molecule has 10 heteroatoms. The zero-order chi connectivity index (χ0) is 18.8. The van der Waals surface area contributed by atoms with Crippen LogP contribution in [0.1, 0.15) is 90.9 Å². The maximum atomic E-state index is 10.6.